The minimum atomic E-state index is -3.19. The van der Waals surface area contributed by atoms with Gasteiger partial charge in [-0.05, 0) is 81.2 Å². The number of aryl methyl sites for hydroxylation is 1. The van der Waals surface area contributed by atoms with Gasteiger partial charge in [0.25, 0.3) is 5.91 Å². The molecule has 9 heteroatoms. The lowest BCUT2D eigenvalue weighted by Gasteiger charge is -2.32. The summed E-state index contributed by atoms with van der Waals surface area (Å²) in [6, 6.07) is 17.5. The summed E-state index contributed by atoms with van der Waals surface area (Å²) in [4.78, 5) is 26.0. The fraction of sp³-hybridized carbons (Fsp3) is 0.548. The van der Waals surface area contributed by atoms with Crippen molar-refractivity contribution >= 4 is 21.9 Å². The van der Waals surface area contributed by atoms with Crippen LogP contribution in [-0.4, -0.2) is 57.3 Å². The Morgan fingerprint density at radius 1 is 0.950 bits per heavy atom. The van der Waals surface area contributed by atoms with E-state index in [1.54, 1.807) is 0 Å². The van der Waals surface area contributed by atoms with Gasteiger partial charge >= 0.3 is 5.97 Å². The highest BCUT2D eigenvalue weighted by Gasteiger charge is 2.23. The standard InChI is InChI=1S/C27H35NO4.C4H11NO2S/c1-2-31-26(29)16-13-23-11-14-25(15-12-23)32-21-7-6-8-22-17-19-28(20-18-22)27(30)24-9-4-3-5-10-24;1-2-3-4-8(5,6)7/h3-5,9-12,14-15,22H,2,6-8,13,16-21H2,1H3;2-4H2,1H3,(H2,5,6,7). The number of carbonyl (C=O) groups excluding carboxylic acids is 2. The van der Waals surface area contributed by atoms with Crippen LogP contribution in [-0.2, 0) is 26.0 Å². The Labute approximate surface area is 240 Å². The summed E-state index contributed by atoms with van der Waals surface area (Å²) in [5.41, 5.74) is 1.90. The minimum Gasteiger partial charge on any atom is -0.494 e. The Hall–Kier alpha value is -2.91. The third-order valence-electron chi connectivity index (χ3n) is 6.83. The fourth-order valence-corrected chi connectivity index (χ4v) is 5.18. The zero-order chi connectivity index (χ0) is 29.2. The van der Waals surface area contributed by atoms with Crippen molar-refractivity contribution in [2.75, 3.05) is 32.1 Å². The second-order valence-corrected chi connectivity index (χ2v) is 11.8. The van der Waals surface area contributed by atoms with Crippen LogP contribution < -0.4 is 9.88 Å². The summed E-state index contributed by atoms with van der Waals surface area (Å²) >= 11 is 0. The van der Waals surface area contributed by atoms with Gasteiger partial charge in [-0.3, -0.25) is 9.59 Å². The van der Waals surface area contributed by atoms with Crippen molar-refractivity contribution in [2.24, 2.45) is 11.1 Å². The van der Waals surface area contributed by atoms with E-state index in [9.17, 15) is 18.0 Å². The highest BCUT2D eigenvalue weighted by atomic mass is 32.2. The predicted molar refractivity (Wildman–Crippen MR) is 159 cm³/mol. The number of nitrogens with zero attached hydrogens (tertiary/aromatic N) is 1. The number of carbonyl (C=O) groups is 2. The molecular weight excluding hydrogens is 528 g/mol. The summed E-state index contributed by atoms with van der Waals surface area (Å²) in [5, 5.41) is 4.69. The van der Waals surface area contributed by atoms with Gasteiger partial charge in [-0.25, -0.2) is 13.6 Å². The molecule has 8 nitrogen and oxygen atoms in total. The maximum Gasteiger partial charge on any atom is 0.306 e. The van der Waals surface area contributed by atoms with Crippen molar-refractivity contribution in [3.63, 3.8) is 0 Å². The quantitative estimate of drug-likeness (QED) is 0.240. The lowest BCUT2D eigenvalue weighted by molar-refractivity contribution is -0.143. The smallest absolute Gasteiger partial charge is 0.306 e. The van der Waals surface area contributed by atoms with Crippen LogP contribution in [0.15, 0.2) is 54.6 Å². The maximum absolute atomic E-state index is 12.5. The van der Waals surface area contributed by atoms with E-state index in [0.29, 0.717) is 38.4 Å². The van der Waals surface area contributed by atoms with Crippen molar-refractivity contribution in [1.29, 1.82) is 0 Å². The molecule has 0 spiro atoms. The number of hydrogen-bond acceptors (Lipinski definition) is 6. The third-order valence-corrected chi connectivity index (χ3v) is 7.68. The average molecular weight is 575 g/mol. The first kappa shape index (κ1) is 33.3. The average Bonchev–Trinajstić information content (AvgIpc) is 2.96. The normalized spacial score (nSPS) is 13.7. The van der Waals surface area contributed by atoms with Crippen LogP contribution in [0.5, 0.6) is 5.75 Å². The van der Waals surface area contributed by atoms with Crippen LogP contribution in [0, 0.1) is 5.92 Å². The molecule has 3 rings (SSSR count). The fourth-order valence-electron chi connectivity index (χ4n) is 4.49. The SMILES string of the molecule is CCCCS(N)(=O)=O.CCOC(=O)CCc1ccc(OCCCCC2CCN(C(=O)c3ccccc3)CC2)cc1. The molecule has 1 amide bonds. The number of primary sulfonamides is 1. The van der Waals surface area contributed by atoms with Crippen LogP contribution in [0.25, 0.3) is 0 Å². The molecule has 1 aliphatic rings. The lowest BCUT2D eigenvalue weighted by Crippen LogP contribution is -2.38. The van der Waals surface area contributed by atoms with E-state index >= 15 is 0 Å². The number of unbranched alkanes of at least 4 members (excludes halogenated alkanes) is 2. The number of benzene rings is 2. The van der Waals surface area contributed by atoms with E-state index in [-0.39, 0.29) is 17.6 Å². The number of likely N-dealkylation sites (tertiary alicyclic amines) is 1. The third kappa shape index (κ3) is 13.9. The van der Waals surface area contributed by atoms with E-state index in [4.69, 9.17) is 14.6 Å². The molecule has 1 heterocycles. The largest absolute Gasteiger partial charge is 0.494 e. The Morgan fingerprint density at radius 3 is 2.20 bits per heavy atom. The van der Waals surface area contributed by atoms with E-state index in [1.807, 2.05) is 73.3 Å². The number of esters is 1. The monoisotopic (exact) mass is 574 g/mol. The van der Waals surface area contributed by atoms with Gasteiger partial charge < -0.3 is 14.4 Å². The molecule has 2 N–H and O–H groups in total. The molecular formula is C31H46N2O6S. The van der Waals surface area contributed by atoms with Gasteiger partial charge in [0.2, 0.25) is 10.0 Å². The highest BCUT2D eigenvalue weighted by molar-refractivity contribution is 7.89. The Balaban J connectivity index is 0.000000611. The van der Waals surface area contributed by atoms with Gasteiger partial charge in [-0.1, -0.05) is 50.1 Å². The van der Waals surface area contributed by atoms with Crippen LogP contribution in [0.3, 0.4) is 0 Å². The minimum absolute atomic E-state index is 0.115. The summed E-state index contributed by atoms with van der Waals surface area (Å²) in [5.74, 6) is 1.69. The first-order valence-corrected chi connectivity index (χ1v) is 16.2. The van der Waals surface area contributed by atoms with Gasteiger partial charge in [0, 0.05) is 25.1 Å². The van der Waals surface area contributed by atoms with Gasteiger partial charge in [0.05, 0.1) is 19.0 Å². The van der Waals surface area contributed by atoms with Crippen molar-refractivity contribution in [3.8, 4) is 5.75 Å². The Bertz CT molecular complexity index is 1100. The molecule has 0 saturated carbocycles. The molecule has 0 aromatic heterocycles. The van der Waals surface area contributed by atoms with Crippen molar-refractivity contribution in [2.45, 2.75) is 71.6 Å². The zero-order valence-corrected chi connectivity index (χ0v) is 24.9. The topological polar surface area (TPSA) is 116 Å². The first-order valence-electron chi connectivity index (χ1n) is 14.4. The van der Waals surface area contributed by atoms with Crippen molar-refractivity contribution in [1.82, 2.24) is 4.90 Å². The zero-order valence-electron chi connectivity index (χ0n) is 24.1. The first-order chi connectivity index (χ1) is 19.2. The van der Waals surface area contributed by atoms with E-state index < -0.39 is 10.0 Å². The molecule has 2 aromatic rings. The predicted octanol–water partition coefficient (Wildman–Crippen LogP) is 5.36. The lowest BCUT2D eigenvalue weighted by atomic mass is 9.91. The summed E-state index contributed by atoms with van der Waals surface area (Å²) in [6.45, 7) is 6.61. The number of hydrogen-bond donors (Lipinski definition) is 1. The molecule has 0 atom stereocenters. The number of ether oxygens (including phenoxy) is 2. The van der Waals surface area contributed by atoms with Gasteiger partial charge in [0.15, 0.2) is 0 Å². The molecule has 40 heavy (non-hydrogen) atoms. The number of piperidine rings is 1. The molecule has 1 aliphatic heterocycles. The van der Waals surface area contributed by atoms with Crippen LogP contribution >= 0.6 is 0 Å². The van der Waals surface area contributed by atoms with Gasteiger partial charge in [0.1, 0.15) is 5.75 Å². The van der Waals surface area contributed by atoms with Gasteiger partial charge in [-0.15, -0.1) is 0 Å². The van der Waals surface area contributed by atoms with Crippen molar-refractivity contribution in [3.05, 3.63) is 65.7 Å². The number of sulfonamides is 1. The van der Waals surface area contributed by atoms with Crippen LogP contribution in [0.4, 0.5) is 0 Å². The molecule has 0 bridgehead atoms. The molecule has 0 aliphatic carbocycles. The summed E-state index contributed by atoms with van der Waals surface area (Å²) in [6.07, 6.45) is 8.20. The number of nitrogens with two attached hydrogens (primary N) is 1. The second-order valence-electron chi connectivity index (χ2n) is 10.1. The summed E-state index contributed by atoms with van der Waals surface area (Å²) < 4.78 is 31.2. The van der Waals surface area contributed by atoms with E-state index in [2.05, 4.69) is 0 Å². The molecule has 1 fully saturated rings. The van der Waals surface area contributed by atoms with E-state index in [0.717, 1.165) is 62.1 Å². The summed E-state index contributed by atoms with van der Waals surface area (Å²) in [7, 11) is -3.19. The molecule has 222 valence electrons. The highest BCUT2D eigenvalue weighted by Crippen LogP contribution is 2.24. The molecule has 0 unspecified atom stereocenters. The van der Waals surface area contributed by atoms with Crippen molar-refractivity contribution < 1.29 is 27.5 Å². The van der Waals surface area contributed by atoms with E-state index in [1.165, 1.54) is 6.42 Å². The Kier molecular flexibility index (Phi) is 15.4. The molecule has 0 radical (unpaired) electrons. The number of amides is 1. The van der Waals surface area contributed by atoms with Crippen LogP contribution in [0.1, 0.15) is 81.1 Å². The molecule has 1 saturated heterocycles. The number of rotatable bonds is 14. The maximum atomic E-state index is 12.5. The van der Waals surface area contributed by atoms with Crippen LogP contribution in [0.2, 0.25) is 0 Å². The second kappa shape index (κ2) is 18.4. The Morgan fingerprint density at radius 2 is 1.62 bits per heavy atom. The van der Waals surface area contributed by atoms with Gasteiger partial charge in [-0.2, -0.15) is 0 Å². The molecule has 2 aromatic carbocycles.